The van der Waals surface area contributed by atoms with E-state index in [0.717, 1.165) is 5.56 Å². The molecule has 0 radical (unpaired) electrons. The molecule has 1 atom stereocenters. The van der Waals surface area contributed by atoms with Crippen LogP contribution in [0.5, 0.6) is 0 Å². The van der Waals surface area contributed by atoms with E-state index >= 15 is 0 Å². The Labute approximate surface area is 171 Å². The number of nitrogens with one attached hydrogen (secondary N) is 2. The van der Waals surface area contributed by atoms with Gasteiger partial charge in [-0.2, -0.15) is 0 Å². The van der Waals surface area contributed by atoms with Crippen LogP contribution in [0.4, 0.5) is 5.69 Å². The number of nitro groups is 1. The number of benzene rings is 2. The van der Waals surface area contributed by atoms with Crippen molar-refractivity contribution in [1.29, 1.82) is 0 Å². The minimum atomic E-state index is -0.737. The zero-order valence-electron chi connectivity index (χ0n) is 14.8. The van der Waals surface area contributed by atoms with E-state index in [2.05, 4.69) is 10.6 Å². The van der Waals surface area contributed by atoms with E-state index in [0.29, 0.717) is 11.3 Å². The van der Waals surface area contributed by atoms with E-state index in [9.17, 15) is 14.9 Å². The van der Waals surface area contributed by atoms with Crippen LogP contribution < -0.4 is 10.6 Å². The Morgan fingerprint density at radius 2 is 2.00 bits per heavy atom. The molecule has 2 N–H and O–H groups in total. The summed E-state index contributed by atoms with van der Waals surface area (Å²) in [5.74, 6) is -0.550. The van der Waals surface area contributed by atoms with Gasteiger partial charge in [0.05, 0.1) is 28.8 Å². The van der Waals surface area contributed by atoms with Gasteiger partial charge in [0.25, 0.3) is 5.69 Å². The monoisotopic (exact) mass is 417 g/mol. The summed E-state index contributed by atoms with van der Waals surface area (Å²) >= 11 is 11.2. The maximum atomic E-state index is 12.8. The number of hydrogen-bond acceptors (Lipinski definition) is 5. The first kappa shape index (κ1) is 19.8. The molecule has 2 aromatic carbocycles. The van der Waals surface area contributed by atoms with Crippen LogP contribution in [0.1, 0.15) is 24.1 Å². The summed E-state index contributed by atoms with van der Waals surface area (Å²) in [7, 11) is 0. The highest BCUT2D eigenvalue weighted by Crippen LogP contribution is 2.35. The Balaban J connectivity index is 2.20. The van der Waals surface area contributed by atoms with Gasteiger partial charge in [0.1, 0.15) is 5.02 Å². The summed E-state index contributed by atoms with van der Waals surface area (Å²) in [6.45, 7) is 1.89. The van der Waals surface area contributed by atoms with Gasteiger partial charge >= 0.3 is 5.97 Å². The molecular weight excluding hydrogens is 402 g/mol. The van der Waals surface area contributed by atoms with Crippen molar-refractivity contribution in [2.24, 2.45) is 0 Å². The molecule has 0 saturated heterocycles. The number of rotatable bonds is 5. The third-order valence-corrected chi connectivity index (χ3v) is 4.67. The molecule has 1 aliphatic rings. The maximum absolute atomic E-state index is 12.8. The van der Waals surface area contributed by atoms with Gasteiger partial charge in [0.2, 0.25) is 0 Å². The van der Waals surface area contributed by atoms with Crippen molar-refractivity contribution >= 4 is 46.3 Å². The van der Waals surface area contributed by atoms with Gasteiger partial charge < -0.3 is 15.4 Å². The lowest BCUT2D eigenvalue weighted by molar-refractivity contribution is -0.384. The van der Waals surface area contributed by atoms with Gasteiger partial charge in [-0.15, -0.1) is 0 Å². The topological polar surface area (TPSA) is 93.5 Å². The lowest BCUT2D eigenvalue weighted by Crippen LogP contribution is -2.45. The number of carbonyl (C=O) groups is 1. The molecule has 0 aliphatic carbocycles. The van der Waals surface area contributed by atoms with Gasteiger partial charge in [0, 0.05) is 6.07 Å². The lowest BCUT2D eigenvalue weighted by Gasteiger charge is -2.31. The van der Waals surface area contributed by atoms with Crippen molar-refractivity contribution in [3.63, 3.8) is 0 Å². The first-order valence-electron chi connectivity index (χ1n) is 8.40. The molecule has 0 amide bonds. The Bertz CT molecular complexity index is 978. The normalized spacial score (nSPS) is 16.2. The zero-order chi connectivity index (χ0) is 20.3. The van der Waals surface area contributed by atoms with Crippen LogP contribution in [0.25, 0.3) is 5.70 Å². The third-order valence-electron chi connectivity index (χ3n) is 4.13. The number of nitro benzene ring substituents is 1. The largest absolute Gasteiger partial charge is 0.463 e. The lowest BCUT2D eigenvalue weighted by atomic mass is 9.92. The molecule has 2 aromatic rings. The summed E-state index contributed by atoms with van der Waals surface area (Å²) in [5.41, 5.74) is 1.72. The molecule has 0 aromatic heterocycles. The van der Waals surface area contributed by atoms with Crippen LogP contribution in [0.2, 0.25) is 5.02 Å². The van der Waals surface area contributed by atoms with Crippen molar-refractivity contribution in [1.82, 2.24) is 10.6 Å². The molecule has 3 rings (SSSR count). The average Bonchev–Trinajstić information content (AvgIpc) is 2.68. The van der Waals surface area contributed by atoms with Crippen molar-refractivity contribution in [3.8, 4) is 0 Å². The Morgan fingerprint density at radius 3 is 2.64 bits per heavy atom. The molecule has 1 unspecified atom stereocenters. The molecule has 1 aliphatic heterocycles. The van der Waals surface area contributed by atoms with Gasteiger partial charge in [-0.3, -0.25) is 10.1 Å². The van der Waals surface area contributed by atoms with Gasteiger partial charge in [-0.05, 0) is 36.3 Å². The standard InChI is InChI=1S/C19H16ClN3O4S/c1-2-27-18(24)15-16(11-6-4-3-5-7-11)21-19(28)22-17(15)12-8-9-13(20)14(10-12)23(25)26/h3-10,17H,2H2,1H3,(H2,21,22,28). The number of carbonyl (C=O) groups excluding carboxylic acids is 1. The third kappa shape index (κ3) is 3.97. The van der Waals surface area contributed by atoms with Crippen molar-refractivity contribution in [3.05, 3.63) is 80.4 Å². The van der Waals surface area contributed by atoms with E-state index in [1.165, 1.54) is 12.1 Å². The number of hydrogen-bond donors (Lipinski definition) is 2. The molecule has 0 saturated carbocycles. The van der Waals surface area contributed by atoms with Crippen molar-refractivity contribution in [2.45, 2.75) is 13.0 Å². The molecule has 0 bridgehead atoms. The average molecular weight is 418 g/mol. The van der Waals surface area contributed by atoms with Crippen LogP contribution in [-0.2, 0) is 9.53 Å². The molecule has 0 spiro atoms. The SMILES string of the molecule is CCOC(=O)C1=C(c2ccccc2)NC(=S)NC1c1ccc(Cl)c([N+](=O)[O-])c1. The molecule has 7 nitrogen and oxygen atoms in total. The molecule has 1 heterocycles. The van der Waals surface area contributed by atoms with Crippen LogP contribution in [-0.4, -0.2) is 22.6 Å². The summed E-state index contributed by atoms with van der Waals surface area (Å²) in [6.07, 6.45) is 0. The summed E-state index contributed by atoms with van der Waals surface area (Å²) in [4.78, 5) is 23.5. The highest BCUT2D eigenvalue weighted by Gasteiger charge is 2.34. The van der Waals surface area contributed by atoms with Gasteiger partial charge in [-0.1, -0.05) is 48.0 Å². The highest BCUT2D eigenvalue weighted by atomic mass is 35.5. The van der Waals surface area contributed by atoms with Crippen LogP contribution in [0, 0.1) is 10.1 Å². The summed E-state index contributed by atoms with van der Waals surface area (Å²) < 4.78 is 5.24. The van der Waals surface area contributed by atoms with E-state index in [1.807, 2.05) is 30.3 Å². The van der Waals surface area contributed by atoms with E-state index in [1.54, 1.807) is 13.0 Å². The predicted octanol–water partition coefficient (Wildman–Crippen LogP) is 3.74. The van der Waals surface area contributed by atoms with E-state index < -0.39 is 16.9 Å². The zero-order valence-corrected chi connectivity index (χ0v) is 16.3. The maximum Gasteiger partial charge on any atom is 0.338 e. The number of nitrogens with zero attached hydrogens (tertiary/aromatic N) is 1. The first-order valence-corrected chi connectivity index (χ1v) is 9.19. The van der Waals surface area contributed by atoms with Crippen LogP contribution in [0.3, 0.4) is 0 Å². The van der Waals surface area contributed by atoms with Crippen molar-refractivity contribution < 1.29 is 14.5 Å². The number of esters is 1. The predicted molar refractivity (Wildman–Crippen MR) is 110 cm³/mol. The van der Waals surface area contributed by atoms with Gasteiger partial charge in [-0.25, -0.2) is 4.79 Å². The fourth-order valence-electron chi connectivity index (χ4n) is 2.92. The van der Waals surface area contributed by atoms with Crippen LogP contribution in [0.15, 0.2) is 54.1 Å². The minimum absolute atomic E-state index is 0.00945. The molecule has 9 heteroatoms. The van der Waals surface area contributed by atoms with Gasteiger partial charge in [0.15, 0.2) is 5.11 Å². The molecular formula is C19H16ClN3O4S. The smallest absolute Gasteiger partial charge is 0.338 e. The number of thiocarbonyl (C=S) groups is 1. The fraction of sp³-hybridized carbons (Fsp3) is 0.158. The second-order valence-corrected chi connectivity index (χ2v) is 6.69. The minimum Gasteiger partial charge on any atom is -0.463 e. The summed E-state index contributed by atoms with van der Waals surface area (Å²) in [6, 6.07) is 12.8. The number of ether oxygens (including phenoxy) is 1. The highest BCUT2D eigenvalue weighted by molar-refractivity contribution is 7.80. The first-order chi connectivity index (χ1) is 13.4. The Kier molecular flexibility index (Phi) is 5.91. The van der Waals surface area contributed by atoms with E-state index in [-0.39, 0.29) is 28.0 Å². The quantitative estimate of drug-likeness (QED) is 0.331. The van der Waals surface area contributed by atoms with E-state index in [4.69, 9.17) is 28.6 Å². The number of halogens is 1. The van der Waals surface area contributed by atoms with Crippen molar-refractivity contribution in [2.75, 3.05) is 6.61 Å². The summed E-state index contributed by atoms with van der Waals surface area (Å²) in [5, 5.41) is 17.6. The second-order valence-electron chi connectivity index (χ2n) is 5.87. The Morgan fingerprint density at radius 1 is 1.29 bits per heavy atom. The fourth-order valence-corrected chi connectivity index (χ4v) is 3.33. The Hall–Kier alpha value is -2.97. The molecule has 0 fully saturated rings. The second kappa shape index (κ2) is 8.37. The molecule has 28 heavy (non-hydrogen) atoms. The van der Waals surface area contributed by atoms with Crippen LogP contribution >= 0.6 is 23.8 Å². The molecule has 144 valence electrons.